The topological polar surface area (TPSA) is 0 Å². The lowest BCUT2D eigenvalue weighted by Crippen LogP contribution is -1.90. The molecule has 0 saturated carbocycles. The van der Waals surface area contributed by atoms with Gasteiger partial charge in [-0.1, -0.05) is 103 Å². The van der Waals surface area contributed by atoms with E-state index in [-0.39, 0.29) is 0 Å². The third-order valence-electron chi connectivity index (χ3n) is 6.32. The molecule has 146 valence electrons. The lowest BCUT2D eigenvalue weighted by Gasteiger charge is -2.13. The predicted molar refractivity (Wildman–Crippen MR) is 131 cm³/mol. The van der Waals surface area contributed by atoms with Gasteiger partial charge in [0.2, 0.25) is 0 Å². The number of hydrogen-bond donors (Lipinski definition) is 0. The van der Waals surface area contributed by atoms with E-state index in [0.29, 0.717) is 0 Å². The van der Waals surface area contributed by atoms with Gasteiger partial charge in [0.15, 0.2) is 0 Å². The molecule has 0 aromatic heterocycles. The number of benzene rings is 5. The third kappa shape index (κ3) is 3.17. The Morgan fingerprint density at radius 1 is 0.355 bits per heavy atom. The smallest absolute Gasteiger partial charge is 0.000727 e. The molecule has 0 nitrogen and oxygen atoms in total. The first kappa shape index (κ1) is 17.9. The fourth-order valence-electron chi connectivity index (χ4n) is 4.76. The molecule has 0 N–H and O–H groups in total. The van der Waals surface area contributed by atoms with Gasteiger partial charge in [-0.2, -0.15) is 0 Å². The van der Waals surface area contributed by atoms with E-state index < -0.39 is 0 Å². The summed E-state index contributed by atoms with van der Waals surface area (Å²) in [5.41, 5.74) is 13.3. The van der Waals surface area contributed by atoms with E-state index in [4.69, 9.17) is 0 Å². The van der Waals surface area contributed by atoms with Gasteiger partial charge in [0.1, 0.15) is 0 Å². The first-order chi connectivity index (χ1) is 15.4. The molecule has 0 amide bonds. The van der Waals surface area contributed by atoms with Crippen LogP contribution in [0.25, 0.3) is 44.5 Å². The van der Waals surface area contributed by atoms with Crippen LogP contribution >= 0.6 is 0 Å². The molecule has 0 bridgehead atoms. The van der Waals surface area contributed by atoms with Crippen LogP contribution in [0.15, 0.2) is 121 Å². The minimum Gasteiger partial charge on any atom is -0.0622 e. The van der Waals surface area contributed by atoms with Crippen LogP contribution in [0.4, 0.5) is 0 Å². The van der Waals surface area contributed by atoms with Gasteiger partial charge in [0.25, 0.3) is 0 Å². The summed E-state index contributed by atoms with van der Waals surface area (Å²) in [7, 11) is 0. The molecule has 6 rings (SSSR count). The summed E-state index contributed by atoms with van der Waals surface area (Å²) in [6.45, 7) is 0. The Morgan fingerprint density at radius 2 is 0.871 bits per heavy atom. The minimum absolute atomic E-state index is 0.985. The first-order valence-electron chi connectivity index (χ1n) is 10.8. The molecular weight excluding hydrogens is 372 g/mol. The average molecular weight is 395 g/mol. The van der Waals surface area contributed by atoms with Crippen molar-refractivity contribution >= 4 is 0 Å². The molecule has 0 unspecified atom stereocenters. The van der Waals surface area contributed by atoms with Gasteiger partial charge in [-0.05, 0) is 80.3 Å². The van der Waals surface area contributed by atoms with Crippen LogP contribution in [0.3, 0.4) is 0 Å². The van der Waals surface area contributed by atoms with Crippen LogP contribution in [0, 0.1) is 0 Å². The largest absolute Gasteiger partial charge is 0.0622 e. The van der Waals surface area contributed by atoms with Gasteiger partial charge >= 0.3 is 0 Å². The first-order valence-corrected chi connectivity index (χ1v) is 10.8. The molecule has 1 aliphatic carbocycles. The van der Waals surface area contributed by atoms with Gasteiger partial charge in [-0.3, -0.25) is 0 Å². The molecule has 5 aromatic carbocycles. The lowest BCUT2D eigenvalue weighted by atomic mass is 9.90. The molecule has 31 heavy (non-hydrogen) atoms. The van der Waals surface area contributed by atoms with Crippen molar-refractivity contribution in [2.45, 2.75) is 6.42 Å². The van der Waals surface area contributed by atoms with E-state index in [1.54, 1.807) is 0 Å². The van der Waals surface area contributed by atoms with Crippen molar-refractivity contribution in [3.05, 3.63) is 132 Å². The van der Waals surface area contributed by atoms with Crippen molar-refractivity contribution in [2.24, 2.45) is 0 Å². The molecule has 0 fully saturated rings. The molecule has 0 saturated heterocycles. The Balaban J connectivity index is 1.58. The quantitative estimate of drug-likeness (QED) is 0.283. The summed E-state index contributed by atoms with van der Waals surface area (Å²) < 4.78 is 0. The SMILES string of the molecule is c1ccc(-c2ccc3c(c2)-c2cc(-c4ccccc4)cc(-c4ccccc4)c2C3)cc1. The lowest BCUT2D eigenvalue weighted by molar-refractivity contribution is 1.26. The van der Waals surface area contributed by atoms with Crippen LogP contribution in [0.2, 0.25) is 0 Å². The standard InChI is InChI=1S/C31H22/c1-4-10-22(11-5-1)25-16-17-26-19-30-28(24-14-8-3-9-15-24)20-27(21-31(30)29(26)18-25)23-12-6-2-7-13-23/h1-18,20-21H,19H2. The minimum atomic E-state index is 0.985. The second-order valence-corrected chi connectivity index (χ2v) is 8.20. The Labute approximate surface area is 183 Å². The van der Waals surface area contributed by atoms with Crippen molar-refractivity contribution < 1.29 is 0 Å². The second-order valence-electron chi connectivity index (χ2n) is 8.20. The highest BCUT2D eigenvalue weighted by molar-refractivity contribution is 5.91. The molecular formula is C31H22. The molecule has 0 heteroatoms. The van der Waals surface area contributed by atoms with E-state index in [0.717, 1.165) is 6.42 Å². The Morgan fingerprint density at radius 3 is 1.52 bits per heavy atom. The maximum atomic E-state index is 2.39. The maximum absolute atomic E-state index is 2.39. The zero-order chi connectivity index (χ0) is 20.6. The van der Waals surface area contributed by atoms with Gasteiger partial charge in [0.05, 0.1) is 0 Å². The molecule has 0 atom stereocenters. The molecule has 0 radical (unpaired) electrons. The predicted octanol–water partition coefficient (Wildman–Crippen LogP) is 8.26. The monoisotopic (exact) mass is 394 g/mol. The van der Waals surface area contributed by atoms with Crippen LogP contribution in [-0.4, -0.2) is 0 Å². The summed E-state index contributed by atoms with van der Waals surface area (Å²) in [5.74, 6) is 0. The highest BCUT2D eigenvalue weighted by Gasteiger charge is 2.23. The molecule has 1 aliphatic rings. The molecule has 0 aliphatic heterocycles. The zero-order valence-corrected chi connectivity index (χ0v) is 17.3. The van der Waals surface area contributed by atoms with Gasteiger partial charge in [0, 0.05) is 0 Å². The van der Waals surface area contributed by atoms with E-state index in [1.807, 2.05) is 0 Å². The molecule has 0 heterocycles. The Hall–Kier alpha value is -3.90. The fourth-order valence-corrected chi connectivity index (χ4v) is 4.76. The maximum Gasteiger partial charge on any atom is -0.000727 e. The average Bonchev–Trinajstić information content (AvgIpc) is 3.23. The molecule has 5 aromatic rings. The summed E-state index contributed by atoms with van der Waals surface area (Å²) >= 11 is 0. The van der Waals surface area contributed by atoms with Crippen LogP contribution in [0.5, 0.6) is 0 Å². The van der Waals surface area contributed by atoms with E-state index in [2.05, 4.69) is 121 Å². The number of hydrogen-bond acceptors (Lipinski definition) is 0. The summed E-state index contributed by atoms with van der Waals surface area (Å²) in [5, 5.41) is 0. The second kappa shape index (κ2) is 7.41. The number of rotatable bonds is 3. The van der Waals surface area contributed by atoms with Gasteiger partial charge < -0.3 is 0 Å². The normalized spacial score (nSPS) is 11.7. The Kier molecular flexibility index (Phi) is 4.28. The van der Waals surface area contributed by atoms with Gasteiger partial charge in [-0.15, -0.1) is 0 Å². The third-order valence-corrected chi connectivity index (χ3v) is 6.32. The van der Waals surface area contributed by atoms with Crippen LogP contribution < -0.4 is 0 Å². The van der Waals surface area contributed by atoms with Crippen molar-refractivity contribution in [3.8, 4) is 44.5 Å². The van der Waals surface area contributed by atoms with Crippen molar-refractivity contribution in [1.29, 1.82) is 0 Å². The van der Waals surface area contributed by atoms with E-state index in [9.17, 15) is 0 Å². The summed E-state index contributed by atoms with van der Waals surface area (Å²) in [6, 6.07) is 43.9. The Bertz CT molecular complexity index is 1360. The number of fused-ring (bicyclic) bond motifs is 3. The van der Waals surface area contributed by atoms with Gasteiger partial charge in [-0.25, -0.2) is 0 Å². The zero-order valence-electron chi connectivity index (χ0n) is 17.3. The van der Waals surface area contributed by atoms with Crippen LogP contribution in [-0.2, 0) is 6.42 Å². The fraction of sp³-hybridized carbons (Fsp3) is 0.0323. The summed E-state index contributed by atoms with van der Waals surface area (Å²) in [6.07, 6.45) is 0.985. The van der Waals surface area contributed by atoms with E-state index in [1.165, 1.54) is 55.6 Å². The highest BCUT2D eigenvalue weighted by atomic mass is 14.3. The van der Waals surface area contributed by atoms with Crippen LogP contribution in [0.1, 0.15) is 11.1 Å². The molecule has 0 spiro atoms. The van der Waals surface area contributed by atoms with Crippen molar-refractivity contribution in [1.82, 2.24) is 0 Å². The highest BCUT2D eigenvalue weighted by Crippen LogP contribution is 2.45. The van der Waals surface area contributed by atoms with Crippen molar-refractivity contribution in [2.75, 3.05) is 0 Å². The van der Waals surface area contributed by atoms with E-state index >= 15 is 0 Å². The van der Waals surface area contributed by atoms with Crippen molar-refractivity contribution in [3.63, 3.8) is 0 Å². The summed E-state index contributed by atoms with van der Waals surface area (Å²) in [4.78, 5) is 0.